The molecule has 1 aliphatic carbocycles. The summed E-state index contributed by atoms with van der Waals surface area (Å²) in [4.78, 5) is 0. The Morgan fingerprint density at radius 2 is 0.656 bits per heavy atom. The topological polar surface area (TPSA) is 0 Å². The number of rotatable bonds is 4. The van der Waals surface area contributed by atoms with Crippen LogP contribution in [-0.2, 0) is 5.41 Å². The van der Waals surface area contributed by atoms with E-state index in [1.165, 1.54) is 121 Å². The average Bonchev–Trinajstić information content (AvgIpc) is 3.54. The van der Waals surface area contributed by atoms with Crippen molar-refractivity contribution in [2.24, 2.45) is 0 Å². The van der Waals surface area contributed by atoms with Crippen LogP contribution in [-0.4, -0.2) is 0 Å². The van der Waals surface area contributed by atoms with Crippen molar-refractivity contribution in [3.05, 3.63) is 217 Å². The molecule has 0 radical (unpaired) electrons. The quantitative estimate of drug-likeness (QED) is 0.156. The van der Waals surface area contributed by atoms with E-state index in [0.29, 0.717) is 0 Å². The zero-order chi connectivity index (χ0) is 41.2. The fourth-order valence-electron chi connectivity index (χ4n) is 10.1. The Labute approximate surface area is 358 Å². The van der Waals surface area contributed by atoms with E-state index in [2.05, 4.69) is 220 Å². The highest BCUT2D eigenvalue weighted by molar-refractivity contribution is 6.23. The van der Waals surface area contributed by atoms with Gasteiger partial charge in [0.05, 0.1) is 0 Å². The Balaban J connectivity index is 0.00000207. The first kappa shape index (κ1) is 36.8. The minimum Gasteiger partial charge on any atom is -0.0683 e. The lowest BCUT2D eigenvalue weighted by molar-refractivity contribution is 0.661. The Morgan fingerprint density at radius 1 is 0.262 bits per heavy atom. The van der Waals surface area contributed by atoms with Crippen LogP contribution >= 0.6 is 0 Å². The summed E-state index contributed by atoms with van der Waals surface area (Å²) in [6.45, 7) is 8.83. The zero-order valence-electron chi connectivity index (χ0n) is 35.1. The number of hydrogen-bond acceptors (Lipinski definition) is 0. The first-order valence-corrected chi connectivity index (χ1v) is 21.7. The van der Waals surface area contributed by atoms with E-state index in [1.54, 1.807) is 0 Å². The maximum atomic E-state index is 2.55. The Kier molecular flexibility index (Phi) is 8.72. The van der Waals surface area contributed by atoms with Gasteiger partial charge >= 0.3 is 0 Å². The smallest absolute Gasteiger partial charge is 0.0159 e. The van der Waals surface area contributed by atoms with Crippen molar-refractivity contribution in [1.29, 1.82) is 0 Å². The van der Waals surface area contributed by atoms with Crippen LogP contribution < -0.4 is 0 Å². The molecule has 11 aromatic carbocycles. The molecular weight excluding hydrogens is 733 g/mol. The van der Waals surface area contributed by atoms with Crippen LogP contribution in [0.4, 0.5) is 0 Å². The van der Waals surface area contributed by atoms with Crippen molar-refractivity contribution >= 4 is 53.9 Å². The van der Waals surface area contributed by atoms with Crippen molar-refractivity contribution in [2.45, 2.75) is 33.1 Å². The third-order valence-corrected chi connectivity index (χ3v) is 13.2. The van der Waals surface area contributed by atoms with E-state index in [4.69, 9.17) is 0 Å². The minimum absolute atomic E-state index is 0.208. The molecule has 0 aliphatic heterocycles. The van der Waals surface area contributed by atoms with E-state index < -0.39 is 0 Å². The van der Waals surface area contributed by atoms with Crippen LogP contribution in [0.2, 0.25) is 0 Å². The summed E-state index contributed by atoms with van der Waals surface area (Å²) in [6.07, 6.45) is 0. The summed E-state index contributed by atoms with van der Waals surface area (Å²) in [5.74, 6) is 0. The van der Waals surface area contributed by atoms with Gasteiger partial charge in [-0.1, -0.05) is 191 Å². The monoisotopic (exact) mass is 778 g/mol. The van der Waals surface area contributed by atoms with Gasteiger partial charge in [0.15, 0.2) is 0 Å². The van der Waals surface area contributed by atoms with Gasteiger partial charge < -0.3 is 0 Å². The van der Waals surface area contributed by atoms with E-state index in [1.807, 2.05) is 13.8 Å². The van der Waals surface area contributed by atoms with Crippen molar-refractivity contribution in [2.75, 3.05) is 0 Å². The molecule has 0 N–H and O–H groups in total. The predicted molar refractivity (Wildman–Crippen MR) is 265 cm³/mol. The van der Waals surface area contributed by atoms with Gasteiger partial charge in [-0.3, -0.25) is 0 Å². The molecule has 0 aromatic heterocycles. The highest BCUT2D eigenvalue weighted by Gasteiger charge is 2.37. The van der Waals surface area contributed by atoms with E-state index in [-0.39, 0.29) is 5.41 Å². The molecule has 0 atom stereocenters. The second-order valence-electron chi connectivity index (χ2n) is 16.9. The average molecular weight is 779 g/mol. The third-order valence-electron chi connectivity index (χ3n) is 13.2. The lowest BCUT2D eigenvalue weighted by Crippen LogP contribution is -2.15. The highest BCUT2D eigenvalue weighted by atomic mass is 14.4. The standard InChI is InChI=1S/C59H40.C2H6/c1-59(2)55-34-46(44-19-11-18-43(31-44)45-25-22-37-12-3-6-15-40(37)30-45)28-29-49(55)52-35-53-54(36-56(52)59)58(48-27-24-39-14-5-8-17-42(39)33-48)51-21-10-9-20-50(51)57(53)47-26-23-38-13-4-7-16-41(38)32-47;1-2/h3-36H,1-2H3;1-2H3. The van der Waals surface area contributed by atoms with Crippen molar-refractivity contribution in [1.82, 2.24) is 0 Å². The number of fused-ring (bicyclic) bond motifs is 8. The highest BCUT2D eigenvalue weighted by Crippen LogP contribution is 2.54. The summed E-state index contributed by atoms with van der Waals surface area (Å²) in [7, 11) is 0. The first-order valence-electron chi connectivity index (χ1n) is 21.7. The van der Waals surface area contributed by atoms with Crippen LogP contribution in [0.1, 0.15) is 38.8 Å². The molecule has 0 bridgehead atoms. The number of benzene rings is 11. The lowest BCUT2D eigenvalue weighted by atomic mass is 9.79. The molecule has 290 valence electrons. The van der Waals surface area contributed by atoms with Crippen LogP contribution in [0.25, 0.3) is 109 Å². The zero-order valence-corrected chi connectivity index (χ0v) is 35.1. The largest absolute Gasteiger partial charge is 0.0683 e. The summed E-state index contributed by atoms with van der Waals surface area (Å²) in [6, 6.07) is 77.2. The summed E-state index contributed by atoms with van der Waals surface area (Å²) in [5, 5.41) is 12.7. The van der Waals surface area contributed by atoms with Crippen LogP contribution in [0, 0.1) is 0 Å². The lowest BCUT2D eigenvalue weighted by Gasteiger charge is -2.24. The maximum absolute atomic E-state index is 2.55. The molecule has 0 fully saturated rings. The second-order valence-corrected chi connectivity index (χ2v) is 16.9. The first-order chi connectivity index (χ1) is 30.0. The molecule has 0 heteroatoms. The predicted octanol–water partition coefficient (Wildman–Crippen LogP) is 17.5. The van der Waals surface area contributed by atoms with Crippen LogP contribution in [0.3, 0.4) is 0 Å². The molecule has 0 nitrogen and oxygen atoms in total. The Morgan fingerprint density at radius 3 is 1.20 bits per heavy atom. The SMILES string of the molecule is CC.CC1(C)c2cc(-c3cccc(-c4ccc5ccccc5c4)c3)ccc2-c2cc3c(-c4ccc5ccccc5c4)c4ccccc4c(-c4ccc5ccccc5c4)c3cc21. The Bertz CT molecular complexity index is 3530. The van der Waals surface area contributed by atoms with Crippen molar-refractivity contribution in [3.63, 3.8) is 0 Å². The number of hydrogen-bond donors (Lipinski definition) is 0. The fourth-order valence-corrected chi connectivity index (χ4v) is 10.1. The summed E-state index contributed by atoms with van der Waals surface area (Å²) in [5.41, 5.74) is 15.2. The van der Waals surface area contributed by atoms with E-state index in [9.17, 15) is 0 Å². The van der Waals surface area contributed by atoms with Crippen LogP contribution in [0.5, 0.6) is 0 Å². The molecule has 0 unspecified atom stereocenters. The van der Waals surface area contributed by atoms with Gasteiger partial charge in [-0.05, 0) is 163 Å². The molecular formula is C61H46. The minimum atomic E-state index is -0.208. The maximum Gasteiger partial charge on any atom is 0.0159 e. The van der Waals surface area contributed by atoms with Gasteiger partial charge in [0, 0.05) is 5.41 Å². The summed E-state index contributed by atoms with van der Waals surface area (Å²) >= 11 is 0. The molecule has 0 amide bonds. The molecule has 11 aromatic rings. The molecule has 0 spiro atoms. The van der Waals surface area contributed by atoms with Gasteiger partial charge in [0.25, 0.3) is 0 Å². The van der Waals surface area contributed by atoms with Gasteiger partial charge in [-0.2, -0.15) is 0 Å². The van der Waals surface area contributed by atoms with Gasteiger partial charge in [-0.15, -0.1) is 0 Å². The van der Waals surface area contributed by atoms with E-state index >= 15 is 0 Å². The van der Waals surface area contributed by atoms with Gasteiger partial charge in [-0.25, -0.2) is 0 Å². The van der Waals surface area contributed by atoms with Gasteiger partial charge in [0.1, 0.15) is 0 Å². The molecule has 0 saturated carbocycles. The molecule has 61 heavy (non-hydrogen) atoms. The Hall–Kier alpha value is -7.28. The van der Waals surface area contributed by atoms with Crippen molar-refractivity contribution in [3.8, 4) is 55.6 Å². The molecule has 0 heterocycles. The van der Waals surface area contributed by atoms with E-state index in [0.717, 1.165) is 0 Å². The molecule has 12 rings (SSSR count). The third kappa shape index (κ3) is 5.97. The fraction of sp³-hybridized carbons (Fsp3) is 0.0820. The molecule has 1 aliphatic rings. The molecule has 0 saturated heterocycles. The van der Waals surface area contributed by atoms with Gasteiger partial charge in [0.2, 0.25) is 0 Å². The van der Waals surface area contributed by atoms with Crippen molar-refractivity contribution < 1.29 is 0 Å². The summed E-state index contributed by atoms with van der Waals surface area (Å²) < 4.78 is 0. The van der Waals surface area contributed by atoms with Crippen LogP contribution in [0.15, 0.2) is 206 Å². The second kappa shape index (κ2) is 14.5. The normalized spacial score (nSPS) is 12.7.